The van der Waals surface area contributed by atoms with Gasteiger partial charge in [-0.15, -0.1) is 0 Å². The van der Waals surface area contributed by atoms with E-state index >= 15 is 0 Å². The summed E-state index contributed by atoms with van der Waals surface area (Å²) in [7, 11) is 0. The molecule has 12 unspecified atom stereocenters. The van der Waals surface area contributed by atoms with Crippen molar-refractivity contribution in [2.75, 3.05) is 0 Å². The molecule has 5 aliphatic carbocycles. The van der Waals surface area contributed by atoms with Crippen LogP contribution in [0.15, 0.2) is 0 Å². The highest BCUT2D eigenvalue weighted by Gasteiger charge is 2.68. The van der Waals surface area contributed by atoms with Crippen LogP contribution in [0.2, 0.25) is 0 Å². The quantitative estimate of drug-likeness (QED) is 0.675. The molecule has 0 spiro atoms. The average molecular weight is 318 g/mol. The van der Waals surface area contributed by atoms with Gasteiger partial charge in [0, 0.05) is 5.92 Å². The zero-order valence-electron chi connectivity index (χ0n) is 13.9. The van der Waals surface area contributed by atoms with Crippen molar-refractivity contribution >= 4 is 0 Å². The molecule has 1 aliphatic heterocycles. The van der Waals surface area contributed by atoms with Gasteiger partial charge in [-0.1, -0.05) is 19.3 Å². The molecule has 6 fully saturated rings. The second kappa shape index (κ2) is 4.74. The summed E-state index contributed by atoms with van der Waals surface area (Å²) in [6.07, 6.45) is 10.4. The molecule has 0 amide bonds. The Morgan fingerprint density at radius 3 is 2.39 bits per heavy atom. The number of rotatable bonds is 0. The summed E-state index contributed by atoms with van der Waals surface area (Å²) >= 11 is 0. The monoisotopic (exact) mass is 318 g/mol. The molecule has 0 aromatic heterocycles. The minimum Gasteiger partial charge on any atom is -0.393 e. The van der Waals surface area contributed by atoms with Crippen molar-refractivity contribution in [3.63, 3.8) is 0 Å². The molecule has 128 valence electrons. The normalized spacial score (nSPS) is 66.0. The Morgan fingerprint density at radius 1 is 0.652 bits per heavy atom. The lowest BCUT2D eigenvalue weighted by Gasteiger charge is -2.62. The predicted molar refractivity (Wildman–Crippen MR) is 85.5 cm³/mol. The highest BCUT2D eigenvalue weighted by Crippen LogP contribution is 2.66. The number of hydrogen-bond donors (Lipinski definition) is 2. The number of hydrogen-bond acceptors (Lipinski definition) is 3. The summed E-state index contributed by atoms with van der Waals surface area (Å²) in [5.41, 5.74) is 0. The molecular formula is C20H30O3. The number of ether oxygens (including phenoxy) is 1. The van der Waals surface area contributed by atoms with Gasteiger partial charge < -0.3 is 14.9 Å². The van der Waals surface area contributed by atoms with Gasteiger partial charge in [-0.25, -0.2) is 0 Å². The van der Waals surface area contributed by atoms with E-state index in [0.29, 0.717) is 17.9 Å². The van der Waals surface area contributed by atoms with Crippen molar-refractivity contribution in [3.05, 3.63) is 0 Å². The molecule has 0 aromatic carbocycles. The van der Waals surface area contributed by atoms with E-state index in [4.69, 9.17) is 4.74 Å². The summed E-state index contributed by atoms with van der Waals surface area (Å²) in [4.78, 5) is 0. The molecular weight excluding hydrogens is 288 g/mol. The van der Waals surface area contributed by atoms with Gasteiger partial charge in [0.2, 0.25) is 0 Å². The first-order chi connectivity index (χ1) is 11.2. The number of aliphatic hydroxyl groups is 2. The Bertz CT molecular complexity index is 507. The van der Waals surface area contributed by atoms with Gasteiger partial charge in [-0.05, 0) is 73.5 Å². The van der Waals surface area contributed by atoms with Crippen LogP contribution in [0.4, 0.5) is 0 Å². The molecule has 5 saturated carbocycles. The maximum atomic E-state index is 10.9. The Morgan fingerprint density at radius 2 is 1.48 bits per heavy atom. The number of epoxide rings is 1. The van der Waals surface area contributed by atoms with Crippen LogP contribution in [-0.2, 0) is 4.74 Å². The predicted octanol–water partition coefficient (Wildman–Crippen LogP) is 2.59. The molecule has 3 nitrogen and oxygen atoms in total. The minimum absolute atomic E-state index is 0.0509. The summed E-state index contributed by atoms with van der Waals surface area (Å²) < 4.78 is 5.88. The molecule has 3 heteroatoms. The van der Waals surface area contributed by atoms with Crippen LogP contribution < -0.4 is 0 Å². The zero-order valence-corrected chi connectivity index (χ0v) is 13.9. The summed E-state index contributed by atoms with van der Waals surface area (Å²) in [6.45, 7) is 0. The fourth-order valence-electron chi connectivity index (χ4n) is 8.47. The minimum atomic E-state index is -0.403. The highest BCUT2D eigenvalue weighted by atomic mass is 16.6. The average Bonchev–Trinajstić information content (AvgIpc) is 3.35. The van der Waals surface area contributed by atoms with E-state index in [1.807, 2.05) is 0 Å². The molecule has 0 aromatic rings. The third-order valence-electron chi connectivity index (χ3n) is 9.08. The van der Waals surface area contributed by atoms with Crippen molar-refractivity contribution < 1.29 is 14.9 Å². The SMILES string of the molecule is OC1CC2CC3CCCCC3C3CCC4C5OC5C(O)C1C4C23. The fraction of sp³-hybridized carbons (Fsp3) is 1.00. The van der Waals surface area contributed by atoms with Gasteiger partial charge in [0.15, 0.2) is 0 Å². The van der Waals surface area contributed by atoms with Crippen molar-refractivity contribution in [2.45, 2.75) is 75.8 Å². The van der Waals surface area contributed by atoms with E-state index in [1.165, 1.54) is 44.9 Å². The van der Waals surface area contributed by atoms with Crippen LogP contribution in [0.25, 0.3) is 0 Å². The van der Waals surface area contributed by atoms with Gasteiger partial charge in [0.25, 0.3) is 0 Å². The molecule has 6 rings (SSSR count). The summed E-state index contributed by atoms with van der Waals surface area (Å²) in [6, 6.07) is 0. The topological polar surface area (TPSA) is 53.0 Å². The first-order valence-electron chi connectivity index (χ1n) is 10.3. The first-order valence-corrected chi connectivity index (χ1v) is 10.3. The lowest BCUT2D eigenvalue weighted by Crippen LogP contribution is -2.62. The van der Waals surface area contributed by atoms with E-state index < -0.39 is 6.10 Å². The maximum absolute atomic E-state index is 10.9. The third-order valence-corrected chi connectivity index (χ3v) is 9.08. The lowest BCUT2D eigenvalue weighted by molar-refractivity contribution is -0.179. The van der Waals surface area contributed by atoms with E-state index in [0.717, 1.165) is 36.0 Å². The lowest BCUT2D eigenvalue weighted by atomic mass is 9.43. The third kappa shape index (κ3) is 1.77. The van der Waals surface area contributed by atoms with E-state index in [-0.39, 0.29) is 18.1 Å². The van der Waals surface area contributed by atoms with Gasteiger partial charge in [0.1, 0.15) is 6.10 Å². The molecule has 23 heavy (non-hydrogen) atoms. The maximum Gasteiger partial charge on any atom is 0.111 e. The fourth-order valence-corrected chi connectivity index (χ4v) is 8.47. The number of fused-ring (bicyclic) bond motifs is 4. The van der Waals surface area contributed by atoms with Crippen LogP contribution in [0.1, 0.15) is 51.4 Å². The van der Waals surface area contributed by atoms with Crippen molar-refractivity contribution in [1.29, 1.82) is 0 Å². The Hall–Kier alpha value is -0.120. The van der Waals surface area contributed by atoms with Gasteiger partial charge in [0.05, 0.1) is 18.3 Å². The second-order valence-corrected chi connectivity index (χ2v) is 9.70. The molecule has 0 bridgehead atoms. The largest absolute Gasteiger partial charge is 0.393 e. The molecule has 0 radical (unpaired) electrons. The van der Waals surface area contributed by atoms with Crippen LogP contribution in [0.5, 0.6) is 0 Å². The van der Waals surface area contributed by atoms with Crippen LogP contribution >= 0.6 is 0 Å². The molecule has 12 atom stereocenters. The van der Waals surface area contributed by atoms with Crippen molar-refractivity contribution in [2.24, 2.45) is 47.3 Å². The smallest absolute Gasteiger partial charge is 0.111 e. The highest BCUT2D eigenvalue weighted by molar-refractivity contribution is 5.15. The second-order valence-electron chi connectivity index (χ2n) is 9.70. The first kappa shape index (κ1) is 14.1. The molecule has 1 heterocycles. The van der Waals surface area contributed by atoms with E-state index in [9.17, 15) is 10.2 Å². The van der Waals surface area contributed by atoms with Crippen molar-refractivity contribution in [3.8, 4) is 0 Å². The van der Waals surface area contributed by atoms with Gasteiger partial charge in [-0.2, -0.15) is 0 Å². The standard InChI is InChI=1S/C20H30O3/c21-14-8-10-7-9-3-1-2-4-11(9)12-5-6-13-16(15(10)12)17(14)18(22)20-19(13)23-20/h9-22H,1-8H2. The summed E-state index contributed by atoms with van der Waals surface area (Å²) in [5.74, 6) is 5.56. The molecule has 2 N–H and O–H groups in total. The van der Waals surface area contributed by atoms with Crippen molar-refractivity contribution in [1.82, 2.24) is 0 Å². The number of aliphatic hydroxyl groups excluding tert-OH is 2. The van der Waals surface area contributed by atoms with Gasteiger partial charge in [-0.3, -0.25) is 0 Å². The summed E-state index contributed by atoms with van der Waals surface area (Å²) in [5, 5.41) is 21.6. The van der Waals surface area contributed by atoms with Crippen LogP contribution in [-0.4, -0.2) is 34.6 Å². The Labute approximate surface area is 138 Å². The van der Waals surface area contributed by atoms with Crippen LogP contribution in [0.3, 0.4) is 0 Å². The molecule has 1 saturated heterocycles. The van der Waals surface area contributed by atoms with Gasteiger partial charge >= 0.3 is 0 Å². The molecule has 6 aliphatic rings. The Kier molecular flexibility index (Phi) is 2.90. The Balaban J connectivity index is 1.40. The van der Waals surface area contributed by atoms with Crippen LogP contribution in [0, 0.1) is 47.3 Å². The zero-order chi connectivity index (χ0) is 15.3. The van der Waals surface area contributed by atoms with E-state index in [1.54, 1.807) is 0 Å². The van der Waals surface area contributed by atoms with E-state index in [2.05, 4.69) is 0 Å².